The third kappa shape index (κ3) is 1.83. The maximum absolute atomic E-state index is 12.5. The summed E-state index contributed by atoms with van der Waals surface area (Å²) >= 11 is 0. The highest BCUT2D eigenvalue weighted by Gasteiger charge is 2.29. The molecule has 0 saturated heterocycles. The third-order valence-electron chi connectivity index (χ3n) is 1.77. The van der Waals surface area contributed by atoms with Crippen molar-refractivity contribution in [3.05, 3.63) is 33.0 Å². The van der Waals surface area contributed by atoms with E-state index in [9.17, 15) is 23.7 Å². The summed E-state index contributed by atoms with van der Waals surface area (Å²) < 4.78 is 25.1. The molecule has 1 rings (SSSR count). The SMILES string of the molecule is N#Cc1cnc([N+](=O)[O-])c(C(F)F)c1C=O. The number of alkyl halides is 2. The highest BCUT2D eigenvalue weighted by molar-refractivity contribution is 5.83. The van der Waals surface area contributed by atoms with Crippen LogP contribution in [0.5, 0.6) is 0 Å². The summed E-state index contributed by atoms with van der Waals surface area (Å²) in [5.41, 5.74) is -2.24. The number of carbonyl (C=O) groups is 1. The smallest absolute Gasteiger partial charge is 0.358 e. The van der Waals surface area contributed by atoms with Gasteiger partial charge in [0.1, 0.15) is 17.2 Å². The topological polar surface area (TPSA) is 96.9 Å². The molecule has 0 aliphatic rings. The molecule has 0 spiro atoms. The molecule has 1 aromatic heterocycles. The molecule has 0 amide bonds. The maximum Gasteiger partial charge on any atom is 0.373 e. The van der Waals surface area contributed by atoms with Crippen molar-refractivity contribution in [2.24, 2.45) is 0 Å². The van der Waals surface area contributed by atoms with Crippen LogP contribution in [0.3, 0.4) is 0 Å². The summed E-state index contributed by atoms with van der Waals surface area (Å²) in [7, 11) is 0. The first-order chi connectivity index (χ1) is 7.52. The van der Waals surface area contributed by atoms with Gasteiger partial charge in [0, 0.05) is 0 Å². The van der Waals surface area contributed by atoms with Crippen molar-refractivity contribution in [2.75, 3.05) is 0 Å². The van der Waals surface area contributed by atoms with Gasteiger partial charge in [-0.25, -0.2) is 8.78 Å². The van der Waals surface area contributed by atoms with E-state index in [4.69, 9.17) is 5.26 Å². The monoisotopic (exact) mass is 227 g/mol. The van der Waals surface area contributed by atoms with Gasteiger partial charge in [0.2, 0.25) is 0 Å². The van der Waals surface area contributed by atoms with E-state index < -0.39 is 33.9 Å². The second kappa shape index (κ2) is 4.39. The lowest BCUT2D eigenvalue weighted by Crippen LogP contribution is -2.05. The number of nitro groups is 1. The lowest BCUT2D eigenvalue weighted by Gasteiger charge is -2.04. The van der Waals surface area contributed by atoms with Crippen LogP contribution in [0.4, 0.5) is 14.6 Å². The zero-order valence-corrected chi connectivity index (χ0v) is 7.55. The highest BCUT2D eigenvalue weighted by atomic mass is 19.3. The summed E-state index contributed by atoms with van der Waals surface area (Å²) in [6.45, 7) is 0. The Labute approximate surface area is 87.3 Å². The molecule has 0 radical (unpaired) electrons. The molecule has 16 heavy (non-hydrogen) atoms. The van der Waals surface area contributed by atoms with Crippen LogP contribution in [0.25, 0.3) is 0 Å². The van der Waals surface area contributed by atoms with Crippen LogP contribution >= 0.6 is 0 Å². The lowest BCUT2D eigenvalue weighted by atomic mass is 10.1. The van der Waals surface area contributed by atoms with Crippen LogP contribution < -0.4 is 0 Å². The normalized spacial score (nSPS) is 9.88. The van der Waals surface area contributed by atoms with Crippen molar-refractivity contribution in [3.63, 3.8) is 0 Å². The van der Waals surface area contributed by atoms with E-state index in [-0.39, 0.29) is 6.29 Å². The number of carbonyl (C=O) groups excluding carboxylic acids is 1. The Morgan fingerprint density at radius 1 is 1.62 bits per heavy atom. The Kier molecular flexibility index (Phi) is 3.20. The van der Waals surface area contributed by atoms with E-state index in [0.29, 0.717) is 6.20 Å². The van der Waals surface area contributed by atoms with Gasteiger partial charge in [-0.3, -0.25) is 4.79 Å². The molecule has 0 aromatic carbocycles. The van der Waals surface area contributed by atoms with Crippen molar-refractivity contribution < 1.29 is 18.5 Å². The number of pyridine rings is 1. The second-order valence-corrected chi connectivity index (χ2v) is 2.61. The second-order valence-electron chi connectivity index (χ2n) is 2.61. The van der Waals surface area contributed by atoms with E-state index in [0.717, 1.165) is 0 Å². The predicted octanol–water partition coefficient (Wildman–Crippen LogP) is 1.61. The van der Waals surface area contributed by atoms with Crippen molar-refractivity contribution in [2.45, 2.75) is 6.43 Å². The molecule has 6 nitrogen and oxygen atoms in total. The number of aromatic nitrogens is 1. The van der Waals surface area contributed by atoms with Crippen LogP contribution in [0.2, 0.25) is 0 Å². The quantitative estimate of drug-likeness (QED) is 0.443. The molecule has 0 N–H and O–H groups in total. The number of halogens is 2. The first kappa shape index (κ1) is 11.6. The van der Waals surface area contributed by atoms with E-state index in [1.165, 1.54) is 6.07 Å². The maximum atomic E-state index is 12.5. The molecule has 0 unspecified atom stereocenters. The molecular formula is C8H3F2N3O3. The largest absolute Gasteiger partial charge is 0.373 e. The van der Waals surface area contributed by atoms with Crippen molar-refractivity contribution >= 4 is 12.1 Å². The number of hydrogen-bond donors (Lipinski definition) is 0. The summed E-state index contributed by atoms with van der Waals surface area (Å²) in [5.74, 6) is -1.11. The van der Waals surface area contributed by atoms with Gasteiger partial charge in [0.05, 0.1) is 5.56 Å². The molecule has 1 aromatic rings. The molecular weight excluding hydrogens is 224 g/mol. The first-order valence-electron chi connectivity index (χ1n) is 3.83. The standard InChI is InChI=1S/C8H3F2N3O3/c9-7(10)6-5(3-14)4(1-11)2-12-8(6)13(15)16/h2-3,7H. The summed E-state index contributed by atoms with van der Waals surface area (Å²) in [6, 6.07) is 1.46. The van der Waals surface area contributed by atoms with E-state index >= 15 is 0 Å². The van der Waals surface area contributed by atoms with Gasteiger partial charge in [-0.05, 0) is 9.91 Å². The average molecular weight is 227 g/mol. The Morgan fingerprint density at radius 2 is 2.25 bits per heavy atom. The fourth-order valence-electron chi connectivity index (χ4n) is 1.11. The van der Waals surface area contributed by atoms with Gasteiger partial charge >= 0.3 is 5.82 Å². The van der Waals surface area contributed by atoms with E-state index in [2.05, 4.69) is 4.98 Å². The average Bonchev–Trinajstić information content (AvgIpc) is 2.26. The number of nitrogens with zero attached hydrogens (tertiary/aromatic N) is 3. The van der Waals surface area contributed by atoms with Crippen molar-refractivity contribution in [1.29, 1.82) is 5.26 Å². The van der Waals surface area contributed by atoms with Crippen LogP contribution in [0.15, 0.2) is 6.20 Å². The molecule has 0 saturated carbocycles. The minimum Gasteiger partial charge on any atom is -0.358 e. The van der Waals surface area contributed by atoms with Crippen molar-refractivity contribution in [3.8, 4) is 6.07 Å². The Morgan fingerprint density at radius 3 is 2.62 bits per heavy atom. The summed E-state index contributed by atoms with van der Waals surface area (Å²) in [4.78, 5) is 22.9. The number of hydrogen-bond acceptors (Lipinski definition) is 5. The van der Waals surface area contributed by atoms with Crippen LogP contribution in [-0.2, 0) is 0 Å². The third-order valence-corrected chi connectivity index (χ3v) is 1.77. The molecule has 0 bridgehead atoms. The summed E-state index contributed by atoms with van der Waals surface area (Å²) in [6.07, 6.45) is -2.55. The minimum absolute atomic E-state index is 0.0191. The van der Waals surface area contributed by atoms with Crippen molar-refractivity contribution in [1.82, 2.24) is 4.98 Å². The molecule has 0 atom stereocenters. The fourth-order valence-corrected chi connectivity index (χ4v) is 1.11. The lowest BCUT2D eigenvalue weighted by molar-refractivity contribution is -0.391. The minimum atomic E-state index is -3.25. The van der Waals surface area contributed by atoms with Crippen LogP contribution in [0, 0.1) is 21.4 Å². The van der Waals surface area contributed by atoms with Crippen LogP contribution in [-0.4, -0.2) is 16.2 Å². The molecule has 8 heteroatoms. The first-order valence-corrected chi connectivity index (χ1v) is 3.83. The van der Waals surface area contributed by atoms with Gasteiger partial charge < -0.3 is 10.1 Å². The predicted molar refractivity (Wildman–Crippen MR) is 46.0 cm³/mol. The van der Waals surface area contributed by atoms with Gasteiger partial charge in [0.25, 0.3) is 6.43 Å². The molecule has 82 valence electrons. The fraction of sp³-hybridized carbons (Fsp3) is 0.125. The van der Waals surface area contributed by atoms with Gasteiger partial charge in [-0.15, -0.1) is 0 Å². The van der Waals surface area contributed by atoms with Gasteiger partial charge in [-0.1, -0.05) is 0 Å². The Hall–Kier alpha value is -2.43. The summed E-state index contributed by atoms with van der Waals surface area (Å²) in [5, 5.41) is 18.9. The Bertz CT molecular complexity index is 496. The molecule has 1 heterocycles. The number of nitriles is 1. The number of aldehydes is 1. The van der Waals surface area contributed by atoms with Gasteiger partial charge in [0.15, 0.2) is 12.5 Å². The molecule has 0 aliphatic heterocycles. The van der Waals surface area contributed by atoms with Crippen LogP contribution in [0.1, 0.15) is 27.9 Å². The van der Waals surface area contributed by atoms with Gasteiger partial charge in [-0.2, -0.15) is 5.26 Å². The Balaban J connectivity index is 3.65. The zero-order valence-electron chi connectivity index (χ0n) is 7.55. The number of rotatable bonds is 3. The van der Waals surface area contributed by atoms with E-state index in [1.54, 1.807) is 0 Å². The molecule has 0 fully saturated rings. The zero-order chi connectivity index (χ0) is 12.3. The highest BCUT2D eigenvalue weighted by Crippen LogP contribution is 2.30. The molecule has 0 aliphatic carbocycles. The van der Waals surface area contributed by atoms with E-state index in [1.807, 2.05) is 0 Å².